The van der Waals surface area contributed by atoms with Crippen LogP contribution < -0.4 is 0 Å². The molecule has 1 N–H and O–H groups in total. The number of aryl methyl sites for hydroxylation is 2. The maximum Gasteiger partial charge on any atom is 0.355 e. The van der Waals surface area contributed by atoms with Crippen LogP contribution in [0, 0.1) is 13.8 Å². The number of aliphatic imine (C=N–C) groups is 2. The summed E-state index contributed by atoms with van der Waals surface area (Å²) in [7, 11) is 0. The standard InChI is InChI=1S/C12H13N3O2/c1-5-14-11(13-4)9-6-7(2)8(3)15-10(9)12(16)17/h5-6H,1,4H2,2-3H3,(H,16,17). The van der Waals surface area contributed by atoms with E-state index in [9.17, 15) is 4.79 Å². The number of nitrogens with zero attached hydrogens (tertiary/aromatic N) is 3. The third-order valence-electron chi connectivity index (χ3n) is 2.27. The number of carboxylic acids is 1. The van der Waals surface area contributed by atoms with Gasteiger partial charge in [-0.2, -0.15) is 0 Å². The van der Waals surface area contributed by atoms with Gasteiger partial charge >= 0.3 is 5.97 Å². The summed E-state index contributed by atoms with van der Waals surface area (Å²) in [4.78, 5) is 22.7. The molecule has 0 aromatic carbocycles. The van der Waals surface area contributed by atoms with Gasteiger partial charge in [-0.3, -0.25) is 0 Å². The summed E-state index contributed by atoms with van der Waals surface area (Å²) in [6.45, 7) is 10.4. The van der Waals surface area contributed by atoms with Crippen molar-refractivity contribution in [1.29, 1.82) is 0 Å². The van der Waals surface area contributed by atoms with Crippen LogP contribution >= 0.6 is 0 Å². The van der Waals surface area contributed by atoms with Crippen LogP contribution in [0.3, 0.4) is 0 Å². The zero-order valence-electron chi connectivity index (χ0n) is 9.77. The molecule has 0 radical (unpaired) electrons. The lowest BCUT2D eigenvalue weighted by Crippen LogP contribution is -2.12. The molecule has 0 unspecified atom stereocenters. The summed E-state index contributed by atoms with van der Waals surface area (Å²) >= 11 is 0. The van der Waals surface area contributed by atoms with Crippen LogP contribution in [0.5, 0.6) is 0 Å². The van der Waals surface area contributed by atoms with Crippen LogP contribution in [-0.4, -0.2) is 28.6 Å². The Balaban J connectivity index is 3.55. The summed E-state index contributed by atoms with van der Waals surface area (Å²) in [5.74, 6) is -0.920. The predicted octanol–water partition coefficient (Wildman–Crippen LogP) is 1.99. The second kappa shape index (κ2) is 5.16. The number of hydrogen-bond donors (Lipinski definition) is 1. The average Bonchev–Trinajstić information content (AvgIpc) is 2.29. The Bertz CT molecular complexity index is 519. The third-order valence-corrected chi connectivity index (χ3v) is 2.27. The fourth-order valence-electron chi connectivity index (χ4n) is 1.32. The van der Waals surface area contributed by atoms with Crippen molar-refractivity contribution in [2.45, 2.75) is 13.8 Å². The smallest absolute Gasteiger partial charge is 0.355 e. The number of pyridine rings is 1. The quantitative estimate of drug-likeness (QED) is 0.638. The molecule has 1 aromatic rings. The van der Waals surface area contributed by atoms with Crippen molar-refractivity contribution in [3.05, 3.63) is 41.4 Å². The third kappa shape index (κ3) is 2.63. The number of hydrogen-bond acceptors (Lipinski definition) is 3. The van der Waals surface area contributed by atoms with E-state index in [2.05, 4.69) is 28.3 Å². The van der Waals surface area contributed by atoms with Crippen molar-refractivity contribution in [3.63, 3.8) is 0 Å². The highest BCUT2D eigenvalue weighted by Gasteiger charge is 2.17. The van der Waals surface area contributed by atoms with Crippen molar-refractivity contribution in [2.75, 3.05) is 0 Å². The van der Waals surface area contributed by atoms with Gasteiger partial charge in [0.15, 0.2) is 11.5 Å². The van der Waals surface area contributed by atoms with Crippen LogP contribution in [0.15, 0.2) is 28.8 Å². The largest absolute Gasteiger partial charge is 0.476 e. The Morgan fingerprint density at radius 2 is 2.18 bits per heavy atom. The highest BCUT2D eigenvalue weighted by atomic mass is 16.4. The summed E-state index contributed by atoms with van der Waals surface area (Å²) in [5, 5.41) is 9.09. The van der Waals surface area contributed by atoms with Crippen molar-refractivity contribution in [1.82, 2.24) is 4.98 Å². The van der Waals surface area contributed by atoms with E-state index in [1.807, 2.05) is 6.92 Å². The van der Waals surface area contributed by atoms with Crippen LogP contribution in [0.2, 0.25) is 0 Å². The molecule has 5 heteroatoms. The molecule has 0 amide bonds. The molecule has 17 heavy (non-hydrogen) atoms. The molecule has 0 fully saturated rings. The predicted molar refractivity (Wildman–Crippen MR) is 67.0 cm³/mol. The lowest BCUT2D eigenvalue weighted by atomic mass is 10.1. The van der Waals surface area contributed by atoms with E-state index in [0.717, 1.165) is 5.56 Å². The SMILES string of the molecule is C=CN=C(N=C)c1cc(C)c(C)nc1C(=O)O. The van der Waals surface area contributed by atoms with Crippen molar-refractivity contribution >= 4 is 18.5 Å². The van der Waals surface area contributed by atoms with Gasteiger partial charge in [-0.1, -0.05) is 6.58 Å². The topological polar surface area (TPSA) is 74.9 Å². The molecule has 0 atom stereocenters. The Labute approximate surface area is 99.3 Å². The minimum atomic E-state index is -1.12. The fourth-order valence-corrected chi connectivity index (χ4v) is 1.32. The summed E-state index contributed by atoms with van der Waals surface area (Å²) in [5.41, 5.74) is 1.79. The highest BCUT2D eigenvalue weighted by Crippen LogP contribution is 2.14. The molecule has 0 aliphatic carbocycles. The summed E-state index contributed by atoms with van der Waals surface area (Å²) < 4.78 is 0. The Morgan fingerprint density at radius 3 is 2.65 bits per heavy atom. The van der Waals surface area contributed by atoms with Gasteiger partial charge in [0, 0.05) is 11.9 Å². The highest BCUT2D eigenvalue weighted by molar-refractivity contribution is 6.08. The first-order chi connectivity index (χ1) is 8.01. The lowest BCUT2D eigenvalue weighted by molar-refractivity contribution is 0.0690. The molecule has 1 aromatic heterocycles. The van der Waals surface area contributed by atoms with Crippen molar-refractivity contribution in [3.8, 4) is 0 Å². The molecule has 0 saturated carbocycles. The zero-order chi connectivity index (χ0) is 13.0. The van der Waals surface area contributed by atoms with Gasteiger partial charge in [-0.15, -0.1) is 0 Å². The molecular weight excluding hydrogens is 218 g/mol. The van der Waals surface area contributed by atoms with Crippen LogP contribution in [-0.2, 0) is 0 Å². The second-order valence-electron chi connectivity index (χ2n) is 3.39. The summed E-state index contributed by atoms with van der Waals surface area (Å²) in [6, 6.07) is 1.68. The molecule has 0 bridgehead atoms. The van der Waals surface area contributed by atoms with Crippen LogP contribution in [0.25, 0.3) is 0 Å². The first kappa shape index (κ1) is 12.8. The minimum Gasteiger partial charge on any atom is -0.476 e. The normalized spacial score (nSPS) is 11.1. The Hall–Kier alpha value is -2.30. The number of amidine groups is 1. The van der Waals surface area contributed by atoms with Gasteiger partial charge in [0.25, 0.3) is 0 Å². The van der Waals surface area contributed by atoms with E-state index in [4.69, 9.17) is 5.11 Å². The average molecular weight is 231 g/mol. The first-order valence-electron chi connectivity index (χ1n) is 4.88. The zero-order valence-corrected chi connectivity index (χ0v) is 9.77. The number of aromatic carboxylic acids is 1. The van der Waals surface area contributed by atoms with Gasteiger partial charge in [-0.05, 0) is 32.2 Å². The molecule has 88 valence electrons. The van der Waals surface area contributed by atoms with E-state index in [1.165, 1.54) is 6.20 Å². The number of rotatable bonds is 3. The van der Waals surface area contributed by atoms with Crippen molar-refractivity contribution < 1.29 is 9.90 Å². The Kier molecular flexibility index (Phi) is 3.87. The van der Waals surface area contributed by atoms with Crippen molar-refractivity contribution in [2.24, 2.45) is 9.98 Å². The van der Waals surface area contributed by atoms with Gasteiger partial charge in [0.05, 0.1) is 5.56 Å². The van der Waals surface area contributed by atoms with Gasteiger partial charge in [0.2, 0.25) is 0 Å². The van der Waals surface area contributed by atoms with Gasteiger partial charge in [0.1, 0.15) is 0 Å². The second-order valence-corrected chi connectivity index (χ2v) is 3.39. The number of carboxylic acid groups (broad SMARTS) is 1. The van der Waals surface area contributed by atoms with E-state index >= 15 is 0 Å². The fraction of sp³-hybridized carbons (Fsp3) is 0.167. The summed E-state index contributed by atoms with van der Waals surface area (Å²) in [6.07, 6.45) is 1.28. The van der Waals surface area contributed by atoms with E-state index in [1.54, 1.807) is 13.0 Å². The minimum absolute atomic E-state index is 0.0823. The molecule has 5 nitrogen and oxygen atoms in total. The maximum atomic E-state index is 11.1. The van der Waals surface area contributed by atoms with E-state index < -0.39 is 5.97 Å². The monoisotopic (exact) mass is 231 g/mol. The van der Waals surface area contributed by atoms with Gasteiger partial charge in [-0.25, -0.2) is 19.8 Å². The molecule has 1 rings (SSSR count). The lowest BCUT2D eigenvalue weighted by Gasteiger charge is -2.07. The van der Waals surface area contributed by atoms with E-state index in [0.29, 0.717) is 11.3 Å². The molecule has 0 spiro atoms. The van der Waals surface area contributed by atoms with Crippen LogP contribution in [0.4, 0.5) is 0 Å². The van der Waals surface area contributed by atoms with Crippen LogP contribution in [0.1, 0.15) is 27.3 Å². The first-order valence-corrected chi connectivity index (χ1v) is 4.88. The number of aromatic nitrogens is 1. The van der Waals surface area contributed by atoms with Gasteiger partial charge < -0.3 is 5.11 Å². The molecule has 1 heterocycles. The maximum absolute atomic E-state index is 11.1. The molecule has 0 aliphatic rings. The molecule has 0 saturated heterocycles. The van der Waals surface area contributed by atoms with E-state index in [-0.39, 0.29) is 11.5 Å². The molecular formula is C12H13N3O2. The Morgan fingerprint density at radius 1 is 1.53 bits per heavy atom. The molecule has 0 aliphatic heterocycles. The number of carbonyl (C=O) groups is 1.